The number of hydrogen-bond donors (Lipinski definition) is 2. The fourth-order valence-corrected chi connectivity index (χ4v) is 2.99. The highest BCUT2D eigenvalue weighted by atomic mass is 35.5. The van der Waals surface area contributed by atoms with Crippen molar-refractivity contribution in [2.24, 2.45) is 0 Å². The quantitative estimate of drug-likeness (QED) is 0.519. The van der Waals surface area contributed by atoms with Crippen LogP contribution in [0.2, 0.25) is 10.0 Å². The second kappa shape index (κ2) is 10.1. The van der Waals surface area contributed by atoms with E-state index in [0.29, 0.717) is 33.6 Å². The molecule has 3 rings (SSSR count). The van der Waals surface area contributed by atoms with Gasteiger partial charge in [-0.1, -0.05) is 53.5 Å². The zero-order valence-electron chi connectivity index (χ0n) is 16.2. The average molecular weight is 443 g/mol. The normalized spacial score (nSPS) is 11.4. The fraction of sp³-hybridized carbons (Fsp3) is 0.130. The third-order valence-electron chi connectivity index (χ3n) is 4.28. The summed E-state index contributed by atoms with van der Waals surface area (Å²) in [6.45, 7) is 2.06. The van der Waals surface area contributed by atoms with Crippen LogP contribution in [0.25, 0.3) is 0 Å². The average Bonchev–Trinajstić information content (AvgIpc) is 2.75. The summed E-state index contributed by atoms with van der Waals surface area (Å²) in [6.07, 6.45) is -0.780. The van der Waals surface area contributed by atoms with E-state index < -0.39 is 6.10 Å². The van der Waals surface area contributed by atoms with Gasteiger partial charge in [0.25, 0.3) is 11.8 Å². The molecule has 0 bridgehead atoms. The minimum Gasteiger partial charge on any atom is -0.481 e. The predicted octanol–water partition coefficient (Wildman–Crippen LogP) is 5.33. The molecule has 0 aliphatic heterocycles. The van der Waals surface area contributed by atoms with Crippen molar-refractivity contribution in [3.63, 3.8) is 0 Å². The predicted molar refractivity (Wildman–Crippen MR) is 119 cm³/mol. The lowest BCUT2D eigenvalue weighted by atomic mass is 10.2. The van der Waals surface area contributed by atoms with Gasteiger partial charge in [-0.2, -0.15) is 0 Å². The largest absolute Gasteiger partial charge is 0.481 e. The Bertz CT molecular complexity index is 1020. The molecule has 0 aliphatic rings. The van der Waals surface area contributed by atoms with E-state index in [2.05, 4.69) is 10.6 Å². The van der Waals surface area contributed by atoms with Gasteiger partial charge in [0.15, 0.2) is 6.10 Å². The number of ether oxygens (including phenoxy) is 1. The highest BCUT2D eigenvalue weighted by Gasteiger charge is 2.17. The van der Waals surface area contributed by atoms with Crippen molar-refractivity contribution in [2.75, 3.05) is 5.32 Å². The zero-order chi connectivity index (χ0) is 21.5. The summed E-state index contributed by atoms with van der Waals surface area (Å²) in [4.78, 5) is 24.7. The second-order valence-electron chi connectivity index (χ2n) is 6.57. The number of nitrogens with one attached hydrogen (secondary N) is 2. The van der Waals surface area contributed by atoms with Gasteiger partial charge in [0.1, 0.15) is 5.75 Å². The van der Waals surface area contributed by atoms with E-state index in [0.717, 1.165) is 5.56 Å². The van der Waals surface area contributed by atoms with Crippen LogP contribution in [0.4, 0.5) is 5.69 Å². The molecule has 5 nitrogen and oxygen atoms in total. The number of amides is 2. The molecule has 0 radical (unpaired) electrons. The molecule has 3 aromatic rings. The third kappa shape index (κ3) is 5.99. The first-order chi connectivity index (χ1) is 14.4. The first-order valence-corrected chi connectivity index (χ1v) is 10.0. The van der Waals surface area contributed by atoms with E-state index in [-0.39, 0.29) is 11.8 Å². The van der Waals surface area contributed by atoms with Gasteiger partial charge in [0.05, 0.1) is 10.7 Å². The fourth-order valence-electron chi connectivity index (χ4n) is 2.65. The molecular formula is C23H20Cl2N2O3. The topological polar surface area (TPSA) is 67.4 Å². The molecule has 2 N–H and O–H groups in total. The van der Waals surface area contributed by atoms with Crippen molar-refractivity contribution in [3.8, 4) is 5.75 Å². The molecule has 0 fully saturated rings. The van der Waals surface area contributed by atoms with Crippen LogP contribution in [0.1, 0.15) is 22.8 Å². The van der Waals surface area contributed by atoms with E-state index in [1.165, 1.54) is 0 Å². The molecule has 7 heteroatoms. The van der Waals surface area contributed by atoms with Gasteiger partial charge in [-0.15, -0.1) is 0 Å². The van der Waals surface area contributed by atoms with Crippen molar-refractivity contribution in [3.05, 3.63) is 94.0 Å². The van der Waals surface area contributed by atoms with Gasteiger partial charge < -0.3 is 15.4 Å². The Hall–Kier alpha value is -3.02. The monoisotopic (exact) mass is 442 g/mol. The highest BCUT2D eigenvalue weighted by molar-refractivity contribution is 6.35. The van der Waals surface area contributed by atoms with Gasteiger partial charge in [-0.3, -0.25) is 9.59 Å². The number of benzene rings is 3. The van der Waals surface area contributed by atoms with Crippen molar-refractivity contribution in [1.29, 1.82) is 0 Å². The van der Waals surface area contributed by atoms with Crippen LogP contribution in [0.5, 0.6) is 5.75 Å². The van der Waals surface area contributed by atoms with Gasteiger partial charge in [0, 0.05) is 17.1 Å². The number of hydrogen-bond acceptors (Lipinski definition) is 3. The van der Waals surface area contributed by atoms with Crippen LogP contribution in [-0.2, 0) is 11.3 Å². The SMILES string of the molecule is CC(Oc1ccc(C(=O)NCc2ccccc2)cc1)C(=O)Nc1cc(Cl)ccc1Cl. The molecule has 2 amide bonds. The summed E-state index contributed by atoms with van der Waals surface area (Å²) in [5.74, 6) is -0.0925. The lowest BCUT2D eigenvalue weighted by Gasteiger charge is -2.16. The summed E-state index contributed by atoms with van der Waals surface area (Å²) in [6, 6.07) is 21.1. The van der Waals surface area contributed by atoms with Crippen LogP contribution in [0.15, 0.2) is 72.8 Å². The Morgan fingerprint density at radius 1 is 0.967 bits per heavy atom. The maximum absolute atomic E-state index is 12.4. The molecular weight excluding hydrogens is 423 g/mol. The molecule has 3 aromatic carbocycles. The van der Waals surface area contributed by atoms with E-state index in [9.17, 15) is 9.59 Å². The first-order valence-electron chi connectivity index (χ1n) is 9.27. The maximum Gasteiger partial charge on any atom is 0.265 e. The smallest absolute Gasteiger partial charge is 0.265 e. The van der Waals surface area contributed by atoms with Gasteiger partial charge in [-0.05, 0) is 55.0 Å². The van der Waals surface area contributed by atoms with Crippen LogP contribution in [-0.4, -0.2) is 17.9 Å². The van der Waals surface area contributed by atoms with Crippen molar-refractivity contribution >= 4 is 40.7 Å². The summed E-state index contributed by atoms with van der Waals surface area (Å²) < 4.78 is 5.66. The molecule has 0 saturated carbocycles. The van der Waals surface area contributed by atoms with Gasteiger partial charge in [-0.25, -0.2) is 0 Å². The second-order valence-corrected chi connectivity index (χ2v) is 7.41. The van der Waals surface area contributed by atoms with Crippen LogP contribution >= 0.6 is 23.2 Å². The number of carbonyl (C=O) groups is 2. The Morgan fingerprint density at radius 3 is 2.37 bits per heavy atom. The Kier molecular flexibility index (Phi) is 7.33. The van der Waals surface area contributed by atoms with Crippen molar-refractivity contribution in [2.45, 2.75) is 19.6 Å². The summed E-state index contributed by atoms with van der Waals surface area (Å²) >= 11 is 12.0. The van der Waals surface area contributed by atoms with Crippen LogP contribution in [0, 0.1) is 0 Å². The lowest BCUT2D eigenvalue weighted by molar-refractivity contribution is -0.122. The summed E-state index contributed by atoms with van der Waals surface area (Å²) in [5.41, 5.74) is 1.93. The Balaban J connectivity index is 1.54. The number of anilines is 1. The molecule has 1 unspecified atom stereocenters. The minimum absolute atomic E-state index is 0.188. The Morgan fingerprint density at radius 2 is 1.67 bits per heavy atom. The van der Waals surface area contributed by atoms with E-state index in [4.69, 9.17) is 27.9 Å². The van der Waals surface area contributed by atoms with Crippen molar-refractivity contribution in [1.82, 2.24) is 5.32 Å². The lowest BCUT2D eigenvalue weighted by Crippen LogP contribution is -2.30. The molecule has 0 spiro atoms. The number of carbonyl (C=O) groups excluding carboxylic acids is 2. The van der Waals surface area contributed by atoms with Gasteiger partial charge >= 0.3 is 0 Å². The number of rotatable bonds is 7. The molecule has 0 aromatic heterocycles. The van der Waals surface area contributed by atoms with E-state index in [1.54, 1.807) is 49.4 Å². The minimum atomic E-state index is -0.780. The van der Waals surface area contributed by atoms with Crippen molar-refractivity contribution < 1.29 is 14.3 Å². The van der Waals surface area contributed by atoms with E-state index in [1.807, 2.05) is 30.3 Å². The highest BCUT2D eigenvalue weighted by Crippen LogP contribution is 2.25. The standard InChI is InChI=1S/C23H20Cl2N2O3/c1-15(22(28)27-21-13-18(24)9-12-20(21)25)30-19-10-7-17(8-11-19)23(29)26-14-16-5-3-2-4-6-16/h2-13,15H,14H2,1H3,(H,26,29)(H,27,28). The first kappa shape index (κ1) is 21.7. The zero-order valence-corrected chi connectivity index (χ0v) is 17.7. The molecule has 0 aliphatic carbocycles. The molecule has 0 heterocycles. The van der Waals surface area contributed by atoms with E-state index >= 15 is 0 Å². The molecule has 154 valence electrons. The molecule has 1 atom stereocenters. The summed E-state index contributed by atoms with van der Waals surface area (Å²) in [5, 5.41) is 6.39. The maximum atomic E-state index is 12.4. The summed E-state index contributed by atoms with van der Waals surface area (Å²) in [7, 11) is 0. The third-order valence-corrected chi connectivity index (χ3v) is 4.85. The van der Waals surface area contributed by atoms with Crippen LogP contribution in [0.3, 0.4) is 0 Å². The molecule has 0 saturated heterocycles. The Labute approximate surface area is 185 Å². The van der Waals surface area contributed by atoms with Gasteiger partial charge in [0.2, 0.25) is 0 Å². The van der Waals surface area contributed by atoms with Crippen LogP contribution < -0.4 is 15.4 Å². The molecule has 30 heavy (non-hydrogen) atoms. The number of halogens is 2.